The largest absolute Gasteiger partial charge is 0.316 e. The molecule has 1 atom stereocenters. The Balaban J connectivity index is 1.56. The Morgan fingerprint density at radius 1 is 0.862 bits per heavy atom. The number of hydrogen-bond donors (Lipinski definition) is 1. The number of likely N-dealkylation sites (tertiary alicyclic amines) is 1. The molecule has 2 aliphatic heterocycles. The van der Waals surface area contributed by atoms with Gasteiger partial charge in [-0.15, -0.1) is 0 Å². The van der Waals surface area contributed by atoms with E-state index in [1.807, 2.05) is 0 Å². The normalized spacial score (nSPS) is 24.4. The summed E-state index contributed by atoms with van der Waals surface area (Å²) in [6.07, 6.45) is 1.59. The van der Waals surface area contributed by atoms with Crippen LogP contribution in [0.5, 0.6) is 0 Å². The van der Waals surface area contributed by atoms with Gasteiger partial charge in [-0.05, 0) is 61.2 Å². The average Bonchev–Trinajstić information content (AvgIpc) is 3.13. The zero-order valence-electron chi connectivity index (χ0n) is 16.3. The highest BCUT2D eigenvalue weighted by Crippen LogP contribution is 2.48. The summed E-state index contributed by atoms with van der Waals surface area (Å²) < 4.78 is 56.2. The summed E-state index contributed by atoms with van der Waals surface area (Å²) in [6.45, 7) is 1.62. The molecule has 0 aromatic heterocycles. The third-order valence-corrected chi connectivity index (χ3v) is 6.52. The van der Waals surface area contributed by atoms with Crippen molar-refractivity contribution in [2.45, 2.75) is 37.6 Å². The van der Waals surface area contributed by atoms with E-state index >= 15 is 0 Å². The lowest BCUT2D eigenvalue weighted by Gasteiger charge is -2.42. The van der Waals surface area contributed by atoms with E-state index in [9.17, 15) is 17.6 Å². The second-order valence-electron chi connectivity index (χ2n) is 8.45. The number of nitrogens with one attached hydrogen (secondary N) is 1. The molecule has 29 heavy (non-hydrogen) atoms. The van der Waals surface area contributed by atoms with Crippen LogP contribution < -0.4 is 5.32 Å². The standard InChI is InChI=1S/C23H26F4N2/c24-19-5-1-17(2-6-19)13-21(14-18-3-7-20(25)8-4-18)29-12-10-22(16-29)15-28-11-9-23(22,26)27/h1-8,21,28H,9-16H2/t22-/m0/s1. The fraction of sp³-hybridized carbons (Fsp3) is 0.478. The third-order valence-electron chi connectivity index (χ3n) is 6.52. The summed E-state index contributed by atoms with van der Waals surface area (Å²) in [7, 11) is 0. The predicted molar refractivity (Wildman–Crippen MR) is 105 cm³/mol. The molecular weight excluding hydrogens is 380 g/mol. The van der Waals surface area contributed by atoms with E-state index in [1.54, 1.807) is 24.3 Å². The molecule has 6 heteroatoms. The minimum Gasteiger partial charge on any atom is -0.316 e. The number of hydrogen-bond acceptors (Lipinski definition) is 2. The van der Waals surface area contributed by atoms with Gasteiger partial charge in [0.25, 0.3) is 5.92 Å². The summed E-state index contributed by atoms with van der Waals surface area (Å²) in [4.78, 5) is 2.15. The van der Waals surface area contributed by atoms with Crippen molar-refractivity contribution in [3.05, 3.63) is 71.3 Å². The van der Waals surface area contributed by atoms with E-state index in [1.165, 1.54) is 24.3 Å². The van der Waals surface area contributed by atoms with Crippen molar-refractivity contribution in [2.75, 3.05) is 26.2 Å². The van der Waals surface area contributed by atoms with Crippen LogP contribution in [0, 0.1) is 17.0 Å². The van der Waals surface area contributed by atoms with Gasteiger partial charge in [-0.3, -0.25) is 4.90 Å². The van der Waals surface area contributed by atoms with Crippen LogP contribution in [0.25, 0.3) is 0 Å². The zero-order chi connectivity index (χ0) is 20.5. The van der Waals surface area contributed by atoms with E-state index in [2.05, 4.69) is 10.2 Å². The van der Waals surface area contributed by atoms with Gasteiger partial charge >= 0.3 is 0 Å². The highest BCUT2D eigenvalue weighted by molar-refractivity contribution is 5.21. The van der Waals surface area contributed by atoms with Crippen LogP contribution in [0.2, 0.25) is 0 Å². The maximum Gasteiger partial charge on any atom is 0.257 e. The molecule has 1 N–H and O–H groups in total. The van der Waals surface area contributed by atoms with Crippen molar-refractivity contribution in [1.82, 2.24) is 10.2 Å². The van der Waals surface area contributed by atoms with Gasteiger partial charge in [0.2, 0.25) is 0 Å². The van der Waals surface area contributed by atoms with Crippen molar-refractivity contribution in [3.8, 4) is 0 Å². The average molecular weight is 406 g/mol. The molecule has 2 nitrogen and oxygen atoms in total. The first-order chi connectivity index (χ1) is 13.9. The lowest BCUT2D eigenvalue weighted by molar-refractivity contribution is -0.136. The van der Waals surface area contributed by atoms with E-state index in [-0.39, 0.29) is 24.1 Å². The fourth-order valence-electron chi connectivity index (χ4n) is 4.74. The Labute approximate surface area is 168 Å². The number of halogens is 4. The summed E-state index contributed by atoms with van der Waals surface area (Å²) in [6, 6.07) is 12.7. The summed E-state index contributed by atoms with van der Waals surface area (Å²) in [5.74, 6) is -3.27. The van der Waals surface area contributed by atoms with Gasteiger partial charge in [-0.1, -0.05) is 24.3 Å². The molecule has 1 spiro atoms. The molecule has 4 rings (SSSR count). The van der Waals surface area contributed by atoms with Crippen molar-refractivity contribution in [3.63, 3.8) is 0 Å². The predicted octanol–water partition coefficient (Wildman–Crippen LogP) is 4.44. The van der Waals surface area contributed by atoms with Gasteiger partial charge in [0.1, 0.15) is 11.6 Å². The van der Waals surface area contributed by atoms with Gasteiger partial charge in [-0.25, -0.2) is 17.6 Å². The van der Waals surface area contributed by atoms with Gasteiger partial charge in [0, 0.05) is 32.1 Å². The van der Waals surface area contributed by atoms with Gasteiger partial charge in [-0.2, -0.15) is 0 Å². The molecule has 0 saturated carbocycles. The molecule has 2 heterocycles. The van der Waals surface area contributed by atoms with Crippen molar-refractivity contribution < 1.29 is 17.6 Å². The summed E-state index contributed by atoms with van der Waals surface area (Å²) in [5, 5.41) is 3.15. The number of benzene rings is 2. The van der Waals surface area contributed by atoms with Gasteiger partial charge < -0.3 is 5.32 Å². The van der Waals surface area contributed by atoms with Crippen LogP contribution in [-0.2, 0) is 12.8 Å². The molecule has 0 bridgehead atoms. The summed E-state index contributed by atoms with van der Waals surface area (Å²) in [5.41, 5.74) is 0.899. The quantitative estimate of drug-likeness (QED) is 0.739. The number of alkyl halides is 2. The molecule has 0 aliphatic carbocycles. The smallest absolute Gasteiger partial charge is 0.257 e. The highest BCUT2D eigenvalue weighted by atomic mass is 19.3. The highest BCUT2D eigenvalue weighted by Gasteiger charge is 2.58. The van der Waals surface area contributed by atoms with E-state index in [4.69, 9.17) is 0 Å². The van der Waals surface area contributed by atoms with Crippen LogP contribution in [0.15, 0.2) is 48.5 Å². The monoisotopic (exact) mass is 406 g/mol. The lowest BCUT2D eigenvalue weighted by atomic mass is 9.76. The molecule has 156 valence electrons. The van der Waals surface area contributed by atoms with E-state index in [0.717, 1.165) is 11.1 Å². The first-order valence-corrected chi connectivity index (χ1v) is 10.2. The van der Waals surface area contributed by atoms with Gasteiger partial charge in [0.15, 0.2) is 0 Å². The Morgan fingerprint density at radius 2 is 1.41 bits per heavy atom. The molecule has 2 fully saturated rings. The number of nitrogens with zero attached hydrogens (tertiary/aromatic N) is 1. The second kappa shape index (κ2) is 8.07. The maximum absolute atomic E-state index is 14.8. The van der Waals surface area contributed by atoms with Crippen LogP contribution in [0.1, 0.15) is 24.0 Å². The number of rotatable bonds is 5. The Morgan fingerprint density at radius 3 is 1.93 bits per heavy atom. The molecule has 2 aromatic rings. The molecule has 0 amide bonds. The lowest BCUT2D eigenvalue weighted by Crippen LogP contribution is -2.56. The third kappa shape index (κ3) is 4.33. The van der Waals surface area contributed by atoms with Crippen molar-refractivity contribution in [1.29, 1.82) is 0 Å². The van der Waals surface area contributed by atoms with Crippen LogP contribution >= 0.6 is 0 Å². The topological polar surface area (TPSA) is 15.3 Å². The van der Waals surface area contributed by atoms with Crippen LogP contribution in [0.4, 0.5) is 17.6 Å². The summed E-state index contributed by atoms with van der Waals surface area (Å²) >= 11 is 0. The molecule has 0 radical (unpaired) electrons. The Kier molecular flexibility index (Phi) is 5.67. The van der Waals surface area contributed by atoms with E-state index < -0.39 is 11.3 Å². The zero-order valence-corrected chi connectivity index (χ0v) is 16.3. The maximum atomic E-state index is 14.8. The molecule has 2 saturated heterocycles. The minimum atomic E-state index is -2.68. The number of piperidine rings is 1. The van der Waals surface area contributed by atoms with Gasteiger partial charge in [0.05, 0.1) is 5.41 Å². The molecule has 0 unspecified atom stereocenters. The Bertz CT molecular complexity index is 774. The van der Waals surface area contributed by atoms with Crippen molar-refractivity contribution in [2.24, 2.45) is 5.41 Å². The van der Waals surface area contributed by atoms with E-state index in [0.29, 0.717) is 45.4 Å². The second-order valence-corrected chi connectivity index (χ2v) is 8.45. The van der Waals surface area contributed by atoms with Crippen LogP contribution in [-0.4, -0.2) is 43.0 Å². The molecule has 2 aliphatic rings. The first-order valence-electron chi connectivity index (χ1n) is 10.2. The SMILES string of the molecule is Fc1ccc(CC(Cc2ccc(F)cc2)N2CC[C@]3(CNCCC3(F)F)C2)cc1. The molecule has 2 aromatic carbocycles. The fourth-order valence-corrected chi connectivity index (χ4v) is 4.74. The molecular formula is C23H26F4N2. The first kappa shape index (κ1) is 20.4. The Hall–Kier alpha value is -1.92. The minimum absolute atomic E-state index is 0.0111. The van der Waals surface area contributed by atoms with Crippen molar-refractivity contribution >= 4 is 0 Å². The van der Waals surface area contributed by atoms with Crippen LogP contribution in [0.3, 0.4) is 0 Å².